The quantitative estimate of drug-likeness (QED) is 0.559. The van der Waals surface area contributed by atoms with Crippen molar-refractivity contribution < 1.29 is 13.2 Å². The summed E-state index contributed by atoms with van der Waals surface area (Å²) in [4.78, 5) is 0. The van der Waals surface area contributed by atoms with E-state index in [1.54, 1.807) is 24.3 Å². The van der Waals surface area contributed by atoms with Crippen LogP contribution >= 0.6 is 0 Å². The highest BCUT2D eigenvalue weighted by atomic mass is 32.2. The molecule has 0 radical (unpaired) electrons. The molecule has 0 fully saturated rings. The second-order valence-electron chi connectivity index (χ2n) is 3.05. The molecule has 0 spiro atoms. The first-order chi connectivity index (χ1) is 6.99. The number of nitrogen functional groups attached to an aromatic ring is 1. The van der Waals surface area contributed by atoms with Crippen LogP contribution in [0.25, 0.3) is 0 Å². The van der Waals surface area contributed by atoms with Crippen LogP contribution in [0, 0.1) is 0 Å². The van der Waals surface area contributed by atoms with E-state index in [1.165, 1.54) is 0 Å². The zero-order chi connectivity index (χ0) is 11.3. The Labute approximate surface area is 89.3 Å². The molecule has 0 aliphatic rings. The van der Waals surface area contributed by atoms with Gasteiger partial charge in [-0.05, 0) is 12.1 Å². The Morgan fingerprint density at radius 2 is 2.07 bits per heavy atom. The Balaban J connectivity index is 2.36. The van der Waals surface area contributed by atoms with Gasteiger partial charge in [0.05, 0.1) is 11.9 Å². The molecule has 6 heteroatoms. The Morgan fingerprint density at radius 3 is 2.67 bits per heavy atom. The molecule has 3 N–H and O–H groups in total. The van der Waals surface area contributed by atoms with Gasteiger partial charge in [-0.3, -0.25) is 0 Å². The largest absolute Gasteiger partial charge is 0.490 e. The Morgan fingerprint density at radius 1 is 1.40 bits per heavy atom. The third kappa shape index (κ3) is 4.66. The molecule has 1 rings (SSSR count). The Bertz CT molecular complexity index is 417. The number of rotatable bonds is 5. The predicted octanol–water partition coefficient (Wildman–Crippen LogP) is 0.197. The van der Waals surface area contributed by atoms with E-state index in [9.17, 15) is 8.42 Å². The van der Waals surface area contributed by atoms with Gasteiger partial charge in [0.25, 0.3) is 0 Å². The highest BCUT2D eigenvalue weighted by Crippen LogP contribution is 2.19. The zero-order valence-electron chi connectivity index (χ0n) is 8.43. The van der Waals surface area contributed by atoms with E-state index in [-0.39, 0.29) is 13.2 Å². The van der Waals surface area contributed by atoms with Gasteiger partial charge in [0.1, 0.15) is 12.4 Å². The topological polar surface area (TPSA) is 81.4 Å². The average molecular weight is 230 g/mol. The molecule has 1 aromatic carbocycles. The lowest BCUT2D eigenvalue weighted by atomic mass is 10.3. The number of para-hydroxylation sites is 2. The van der Waals surface area contributed by atoms with Crippen molar-refractivity contribution in [3.8, 4) is 5.75 Å². The molecule has 0 atom stereocenters. The molecular weight excluding hydrogens is 216 g/mol. The van der Waals surface area contributed by atoms with Crippen LogP contribution in [0.1, 0.15) is 0 Å². The molecule has 0 saturated carbocycles. The highest BCUT2D eigenvalue weighted by molar-refractivity contribution is 7.88. The number of hydrogen-bond acceptors (Lipinski definition) is 4. The van der Waals surface area contributed by atoms with Gasteiger partial charge in [-0.15, -0.1) is 0 Å². The van der Waals surface area contributed by atoms with Gasteiger partial charge < -0.3 is 10.5 Å². The van der Waals surface area contributed by atoms with E-state index in [0.717, 1.165) is 6.26 Å². The molecule has 0 aliphatic carbocycles. The second kappa shape index (κ2) is 4.99. The lowest BCUT2D eigenvalue weighted by molar-refractivity contribution is 0.324. The fourth-order valence-electron chi connectivity index (χ4n) is 1.00. The Kier molecular flexibility index (Phi) is 3.93. The molecular formula is C9H14N2O3S. The molecule has 15 heavy (non-hydrogen) atoms. The SMILES string of the molecule is CS(=O)(=O)NCCOc1ccccc1N. The molecule has 0 aromatic heterocycles. The summed E-state index contributed by atoms with van der Waals surface area (Å²) in [5, 5.41) is 0. The minimum absolute atomic E-state index is 0.229. The first-order valence-electron chi connectivity index (χ1n) is 4.41. The number of hydrogen-bond donors (Lipinski definition) is 2. The van der Waals surface area contributed by atoms with Crippen molar-refractivity contribution in [1.29, 1.82) is 0 Å². The van der Waals surface area contributed by atoms with Crippen LogP contribution < -0.4 is 15.2 Å². The van der Waals surface area contributed by atoms with Gasteiger partial charge in [-0.2, -0.15) is 0 Å². The van der Waals surface area contributed by atoms with E-state index in [4.69, 9.17) is 10.5 Å². The van der Waals surface area contributed by atoms with Crippen LogP contribution in [0.4, 0.5) is 5.69 Å². The second-order valence-corrected chi connectivity index (χ2v) is 4.89. The molecule has 84 valence electrons. The summed E-state index contributed by atoms with van der Waals surface area (Å²) in [6.45, 7) is 0.481. The van der Waals surface area contributed by atoms with Crippen molar-refractivity contribution in [2.24, 2.45) is 0 Å². The standard InChI is InChI=1S/C9H14N2O3S/c1-15(12,13)11-6-7-14-9-5-3-2-4-8(9)10/h2-5,11H,6-7,10H2,1H3. The lowest BCUT2D eigenvalue weighted by Gasteiger charge is -2.08. The molecule has 0 saturated heterocycles. The van der Waals surface area contributed by atoms with Gasteiger partial charge in [0, 0.05) is 6.54 Å². The van der Waals surface area contributed by atoms with Crippen LogP contribution in [-0.4, -0.2) is 27.8 Å². The maximum atomic E-state index is 10.7. The summed E-state index contributed by atoms with van der Waals surface area (Å²) in [7, 11) is -3.15. The van der Waals surface area contributed by atoms with Crippen LogP contribution in [-0.2, 0) is 10.0 Å². The molecule has 1 aromatic rings. The average Bonchev–Trinajstić information content (AvgIpc) is 2.13. The third-order valence-electron chi connectivity index (χ3n) is 1.64. The molecule has 5 nitrogen and oxygen atoms in total. The fourth-order valence-corrected chi connectivity index (χ4v) is 1.45. The van der Waals surface area contributed by atoms with Crippen molar-refractivity contribution in [3.63, 3.8) is 0 Å². The molecule has 0 bridgehead atoms. The molecule has 0 heterocycles. The number of ether oxygens (including phenoxy) is 1. The number of benzene rings is 1. The monoisotopic (exact) mass is 230 g/mol. The zero-order valence-corrected chi connectivity index (χ0v) is 9.25. The van der Waals surface area contributed by atoms with Crippen molar-refractivity contribution in [2.75, 3.05) is 25.1 Å². The van der Waals surface area contributed by atoms with Crippen LogP contribution in [0.3, 0.4) is 0 Å². The van der Waals surface area contributed by atoms with E-state index in [1.807, 2.05) is 0 Å². The number of anilines is 1. The summed E-state index contributed by atoms with van der Waals surface area (Å²) in [5.74, 6) is 0.563. The van der Waals surface area contributed by atoms with E-state index >= 15 is 0 Å². The van der Waals surface area contributed by atoms with Crippen LogP contribution in [0.2, 0.25) is 0 Å². The fraction of sp³-hybridized carbons (Fsp3) is 0.333. The van der Waals surface area contributed by atoms with Crippen molar-refractivity contribution in [3.05, 3.63) is 24.3 Å². The normalized spacial score (nSPS) is 11.3. The first kappa shape index (κ1) is 11.8. The van der Waals surface area contributed by atoms with Crippen molar-refractivity contribution in [1.82, 2.24) is 4.72 Å². The van der Waals surface area contributed by atoms with Gasteiger partial charge >= 0.3 is 0 Å². The first-order valence-corrected chi connectivity index (χ1v) is 6.30. The van der Waals surface area contributed by atoms with Gasteiger partial charge in [0.15, 0.2) is 0 Å². The minimum Gasteiger partial charge on any atom is -0.490 e. The van der Waals surface area contributed by atoms with Gasteiger partial charge in [-0.1, -0.05) is 12.1 Å². The van der Waals surface area contributed by atoms with E-state index < -0.39 is 10.0 Å². The van der Waals surface area contributed by atoms with Crippen LogP contribution in [0.15, 0.2) is 24.3 Å². The lowest BCUT2D eigenvalue weighted by Crippen LogP contribution is -2.26. The number of sulfonamides is 1. The minimum atomic E-state index is -3.15. The summed E-state index contributed by atoms with van der Waals surface area (Å²) in [5.41, 5.74) is 6.16. The Hall–Kier alpha value is -1.27. The van der Waals surface area contributed by atoms with Gasteiger partial charge in [-0.25, -0.2) is 13.1 Å². The summed E-state index contributed by atoms with van der Waals surface area (Å²) < 4.78 is 29.0. The maximum absolute atomic E-state index is 10.7. The number of nitrogens with one attached hydrogen (secondary N) is 1. The third-order valence-corrected chi connectivity index (χ3v) is 2.37. The molecule has 0 unspecified atom stereocenters. The van der Waals surface area contributed by atoms with Crippen molar-refractivity contribution in [2.45, 2.75) is 0 Å². The van der Waals surface area contributed by atoms with E-state index in [0.29, 0.717) is 11.4 Å². The summed E-state index contributed by atoms with van der Waals surface area (Å²) in [6.07, 6.45) is 1.10. The van der Waals surface area contributed by atoms with Crippen LogP contribution in [0.5, 0.6) is 5.75 Å². The smallest absolute Gasteiger partial charge is 0.208 e. The van der Waals surface area contributed by atoms with Crippen molar-refractivity contribution >= 4 is 15.7 Å². The molecule has 0 amide bonds. The summed E-state index contributed by atoms with van der Waals surface area (Å²) in [6, 6.07) is 7.06. The predicted molar refractivity (Wildman–Crippen MR) is 59.2 cm³/mol. The van der Waals surface area contributed by atoms with Gasteiger partial charge in [0.2, 0.25) is 10.0 Å². The molecule has 0 aliphatic heterocycles. The summed E-state index contributed by atoms with van der Waals surface area (Å²) >= 11 is 0. The highest BCUT2D eigenvalue weighted by Gasteiger charge is 2.01. The maximum Gasteiger partial charge on any atom is 0.208 e. The van der Waals surface area contributed by atoms with E-state index in [2.05, 4.69) is 4.72 Å². The number of nitrogens with two attached hydrogens (primary N) is 1.